The quantitative estimate of drug-likeness (QED) is 0.522. The molecular formula is C7H11NO. The molecule has 0 amide bonds. The summed E-state index contributed by atoms with van der Waals surface area (Å²) in [6, 6.07) is 0. The van der Waals surface area contributed by atoms with E-state index in [0.29, 0.717) is 24.5 Å². The Morgan fingerprint density at radius 1 is 1.56 bits per heavy atom. The molecule has 0 radical (unpaired) electrons. The summed E-state index contributed by atoms with van der Waals surface area (Å²) in [5, 5.41) is 7.23. The van der Waals surface area contributed by atoms with Crippen LogP contribution in [0.2, 0.25) is 0 Å². The Kier molecular flexibility index (Phi) is 1.65. The number of carbonyl (C=O) groups is 1. The molecule has 0 aromatic heterocycles. The van der Waals surface area contributed by atoms with E-state index in [1.54, 1.807) is 0 Å². The first kappa shape index (κ1) is 6.46. The lowest BCUT2D eigenvalue weighted by Gasteiger charge is -2.16. The molecule has 1 saturated carbocycles. The summed E-state index contributed by atoms with van der Waals surface area (Å²) < 4.78 is 0. The van der Waals surface area contributed by atoms with E-state index in [0.717, 1.165) is 6.42 Å². The third-order valence-corrected chi connectivity index (χ3v) is 1.58. The highest BCUT2D eigenvalue weighted by atomic mass is 16.1. The van der Waals surface area contributed by atoms with Crippen molar-refractivity contribution in [3.8, 4) is 0 Å². The topological polar surface area (TPSA) is 40.9 Å². The van der Waals surface area contributed by atoms with Gasteiger partial charge in [0.15, 0.2) is 0 Å². The second-order valence-electron chi connectivity index (χ2n) is 2.83. The molecule has 1 N–H and O–H groups in total. The zero-order valence-electron chi connectivity index (χ0n) is 5.61. The molecule has 0 spiro atoms. The fraction of sp³-hybridized carbons (Fsp3) is 0.714. The van der Waals surface area contributed by atoms with Gasteiger partial charge in [0.1, 0.15) is 5.78 Å². The molecule has 0 aromatic carbocycles. The SMILES string of the molecule is CC1CC(=N)CC(=O)C1. The number of hydrogen-bond acceptors (Lipinski definition) is 2. The molecule has 0 saturated heterocycles. The molecule has 0 heterocycles. The highest BCUT2D eigenvalue weighted by Gasteiger charge is 2.18. The number of carbonyl (C=O) groups excluding carboxylic acids is 1. The predicted molar refractivity (Wildman–Crippen MR) is 35.7 cm³/mol. The van der Waals surface area contributed by atoms with Crippen molar-refractivity contribution in [2.24, 2.45) is 5.92 Å². The molecule has 1 aliphatic rings. The van der Waals surface area contributed by atoms with Crippen LogP contribution in [0.1, 0.15) is 26.2 Å². The van der Waals surface area contributed by atoms with Crippen LogP contribution in [-0.2, 0) is 4.79 Å². The molecule has 1 aliphatic carbocycles. The van der Waals surface area contributed by atoms with Crippen LogP contribution in [0.25, 0.3) is 0 Å². The number of rotatable bonds is 0. The Morgan fingerprint density at radius 3 is 2.67 bits per heavy atom. The van der Waals surface area contributed by atoms with Crippen LogP contribution in [0.5, 0.6) is 0 Å². The van der Waals surface area contributed by atoms with Gasteiger partial charge in [-0.05, 0) is 12.3 Å². The predicted octanol–water partition coefficient (Wildman–Crippen LogP) is 1.40. The van der Waals surface area contributed by atoms with Gasteiger partial charge in [-0.25, -0.2) is 0 Å². The average Bonchev–Trinajstić information content (AvgIpc) is 1.59. The van der Waals surface area contributed by atoms with Crippen LogP contribution in [0.15, 0.2) is 0 Å². The van der Waals surface area contributed by atoms with Gasteiger partial charge in [0.2, 0.25) is 0 Å². The van der Waals surface area contributed by atoms with Gasteiger partial charge in [0, 0.05) is 18.6 Å². The van der Waals surface area contributed by atoms with Crippen LogP contribution in [0, 0.1) is 11.3 Å². The van der Waals surface area contributed by atoms with Gasteiger partial charge in [0.25, 0.3) is 0 Å². The molecule has 50 valence electrons. The van der Waals surface area contributed by atoms with Crippen molar-refractivity contribution in [2.75, 3.05) is 0 Å². The largest absolute Gasteiger partial charge is 0.309 e. The fourth-order valence-electron chi connectivity index (χ4n) is 1.26. The molecule has 1 unspecified atom stereocenters. The molecule has 0 aliphatic heterocycles. The minimum Gasteiger partial charge on any atom is -0.309 e. The first-order valence-electron chi connectivity index (χ1n) is 3.26. The average molecular weight is 125 g/mol. The summed E-state index contributed by atoms with van der Waals surface area (Å²) in [5.41, 5.74) is 0.610. The normalized spacial score (nSPS) is 28.8. The maximum atomic E-state index is 10.7. The minimum atomic E-state index is 0.235. The number of ketones is 1. The van der Waals surface area contributed by atoms with Crippen LogP contribution in [-0.4, -0.2) is 11.5 Å². The number of Topliss-reactive ketones (excluding diaryl/α,β-unsaturated/α-hetero) is 1. The first-order valence-corrected chi connectivity index (χ1v) is 3.26. The van der Waals surface area contributed by atoms with Crippen molar-refractivity contribution >= 4 is 11.5 Å². The molecule has 1 fully saturated rings. The number of hydrogen-bond donors (Lipinski definition) is 1. The minimum absolute atomic E-state index is 0.235. The van der Waals surface area contributed by atoms with E-state index in [2.05, 4.69) is 0 Å². The summed E-state index contributed by atoms with van der Waals surface area (Å²) in [7, 11) is 0. The summed E-state index contributed by atoms with van der Waals surface area (Å²) >= 11 is 0. The van der Waals surface area contributed by atoms with Crippen LogP contribution >= 0.6 is 0 Å². The molecule has 0 bridgehead atoms. The van der Waals surface area contributed by atoms with Crippen molar-refractivity contribution in [1.82, 2.24) is 0 Å². The Labute approximate surface area is 54.8 Å². The van der Waals surface area contributed by atoms with Gasteiger partial charge in [0.05, 0.1) is 0 Å². The van der Waals surface area contributed by atoms with Crippen LogP contribution < -0.4 is 0 Å². The number of nitrogens with one attached hydrogen (secondary N) is 1. The molecule has 1 atom stereocenters. The highest BCUT2D eigenvalue weighted by molar-refractivity contribution is 6.02. The van der Waals surface area contributed by atoms with Crippen molar-refractivity contribution in [2.45, 2.75) is 26.2 Å². The van der Waals surface area contributed by atoms with Crippen molar-refractivity contribution in [3.05, 3.63) is 0 Å². The zero-order valence-corrected chi connectivity index (χ0v) is 5.61. The summed E-state index contributed by atoms with van der Waals surface area (Å²) in [6.45, 7) is 2.02. The Morgan fingerprint density at radius 2 is 2.22 bits per heavy atom. The van der Waals surface area contributed by atoms with Gasteiger partial charge in [-0.3, -0.25) is 4.79 Å². The van der Waals surface area contributed by atoms with E-state index in [9.17, 15) is 4.79 Å². The smallest absolute Gasteiger partial charge is 0.138 e. The van der Waals surface area contributed by atoms with Crippen LogP contribution in [0.4, 0.5) is 0 Å². The molecule has 9 heavy (non-hydrogen) atoms. The molecule has 1 rings (SSSR count). The lowest BCUT2D eigenvalue weighted by atomic mass is 9.88. The standard InChI is InChI=1S/C7H11NO/c1-5-2-6(8)4-7(9)3-5/h5,8H,2-4H2,1H3. The van der Waals surface area contributed by atoms with Gasteiger partial charge in [-0.1, -0.05) is 6.92 Å². The lowest BCUT2D eigenvalue weighted by molar-refractivity contribution is -0.119. The summed E-state index contributed by atoms with van der Waals surface area (Å²) in [6.07, 6.45) is 1.92. The van der Waals surface area contributed by atoms with Gasteiger partial charge in [-0.15, -0.1) is 0 Å². The maximum Gasteiger partial charge on any atom is 0.138 e. The fourth-order valence-corrected chi connectivity index (χ4v) is 1.26. The summed E-state index contributed by atoms with van der Waals surface area (Å²) in [5.74, 6) is 0.650. The van der Waals surface area contributed by atoms with Crippen molar-refractivity contribution in [1.29, 1.82) is 5.41 Å². The van der Waals surface area contributed by atoms with E-state index >= 15 is 0 Å². The van der Waals surface area contributed by atoms with E-state index in [4.69, 9.17) is 5.41 Å². The zero-order chi connectivity index (χ0) is 6.85. The second kappa shape index (κ2) is 2.29. The lowest BCUT2D eigenvalue weighted by Crippen LogP contribution is -2.19. The summed E-state index contributed by atoms with van der Waals surface area (Å²) in [4.78, 5) is 10.7. The first-order chi connectivity index (χ1) is 4.18. The highest BCUT2D eigenvalue weighted by Crippen LogP contribution is 2.17. The van der Waals surface area contributed by atoms with E-state index in [1.807, 2.05) is 6.92 Å². The van der Waals surface area contributed by atoms with E-state index < -0.39 is 0 Å². The second-order valence-corrected chi connectivity index (χ2v) is 2.83. The molecule has 2 heteroatoms. The van der Waals surface area contributed by atoms with E-state index in [1.165, 1.54) is 0 Å². The van der Waals surface area contributed by atoms with Gasteiger partial charge < -0.3 is 5.41 Å². The van der Waals surface area contributed by atoms with E-state index in [-0.39, 0.29) is 5.78 Å². The van der Waals surface area contributed by atoms with Gasteiger partial charge >= 0.3 is 0 Å². The molecular weight excluding hydrogens is 114 g/mol. The third kappa shape index (κ3) is 1.63. The monoisotopic (exact) mass is 125 g/mol. The van der Waals surface area contributed by atoms with Crippen molar-refractivity contribution in [3.63, 3.8) is 0 Å². The third-order valence-electron chi connectivity index (χ3n) is 1.58. The molecule has 2 nitrogen and oxygen atoms in total. The Hall–Kier alpha value is -0.660. The van der Waals surface area contributed by atoms with Crippen LogP contribution in [0.3, 0.4) is 0 Å². The Bertz CT molecular complexity index is 135. The van der Waals surface area contributed by atoms with Gasteiger partial charge in [-0.2, -0.15) is 0 Å². The van der Waals surface area contributed by atoms with Crippen molar-refractivity contribution < 1.29 is 4.79 Å². The Balaban J connectivity index is 2.53. The molecule has 0 aromatic rings. The maximum absolute atomic E-state index is 10.7.